The Hall–Kier alpha value is -1.44. The minimum absolute atomic E-state index is 0.0860. The Morgan fingerprint density at radius 1 is 1.38 bits per heavy atom. The number of carbonyl (C=O) groups excluding carboxylic acids is 1. The maximum Gasteiger partial charge on any atom is 0.249 e. The second kappa shape index (κ2) is 5.75. The van der Waals surface area contributed by atoms with Crippen molar-refractivity contribution in [1.29, 1.82) is 0 Å². The molecule has 1 saturated heterocycles. The number of sulfonamides is 1. The number of nitrogens with two attached hydrogens (primary N) is 1. The molecule has 6 nitrogen and oxygen atoms in total. The molecule has 2 rings (SSSR count). The molecule has 1 aromatic rings. The van der Waals surface area contributed by atoms with E-state index in [1.165, 1.54) is 16.4 Å². The molecule has 1 amide bonds. The van der Waals surface area contributed by atoms with Gasteiger partial charge in [-0.1, -0.05) is 6.07 Å². The first-order chi connectivity index (χ1) is 9.73. The number of morpholine rings is 1. The lowest BCUT2D eigenvalue weighted by atomic mass is 10.1. The van der Waals surface area contributed by atoms with Crippen molar-refractivity contribution in [3.05, 3.63) is 29.3 Å². The number of aryl methyl sites for hydroxylation is 1. The molecule has 2 N–H and O–H groups in total. The first-order valence-electron chi connectivity index (χ1n) is 6.77. The third-order valence-electron chi connectivity index (χ3n) is 3.63. The molecule has 0 bridgehead atoms. The molecule has 0 saturated carbocycles. The molecular weight excluding hydrogens is 292 g/mol. The summed E-state index contributed by atoms with van der Waals surface area (Å²) in [6.07, 6.45) is -0.156. The van der Waals surface area contributed by atoms with Gasteiger partial charge in [0.2, 0.25) is 15.9 Å². The summed E-state index contributed by atoms with van der Waals surface area (Å²) >= 11 is 0. The van der Waals surface area contributed by atoms with Crippen LogP contribution in [0.5, 0.6) is 0 Å². The van der Waals surface area contributed by atoms with Gasteiger partial charge in [0.15, 0.2) is 0 Å². The lowest BCUT2D eigenvalue weighted by Gasteiger charge is -2.35. The third-order valence-corrected chi connectivity index (χ3v) is 5.61. The summed E-state index contributed by atoms with van der Waals surface area (Å²) < 4.78 is 32.4. The predicted octanol–water partition coefficient (Wildman–Crippen LogP) is 0.892. The Kier molecular flexibility index (Phi) is 4.36. The van der Waals surface area contributed by atoms with Gasteiger partial charge in [0.25, 0.3) is 0 Å². The van der Waals surface area contributed by atoms with Crippen LogP contribution in [0.15, 0.2) is 23.1 Å². The minimum Gasteiger partial charge on any atom is -0.375 e. The average Bonchev–Trinajstić information content (AvgIpc) is 2.41. The van der Waals surface area contributed by atoms with Crippen LogP contribution in [0.3, 0.4) is 0 Å². The molecule has 1 aliphatic rings. The Balaban J connectivity index is 2.44. The molecule has 0 radical (unpaired) electrons. The molecule has 21 heavy (non-hydrogen) atoms. The normalized spacial score (nSPS) is 24.0. The number of hydrogen-bond acceptors (Lipinski definition) is 4. The number of amides is 1. The first kappa shape index (κ1) is 15.9. The van der Waals surface area contributed by atoms with Crippen molar-refractivity contribution in [1.82, 2.24) is 4.31 Å². The van der Waals surface area contributed by atoms with Crippen LogP contribution in [0.1, 0.15) is 29.8 Å². The highest BCUT2D eigenvalue weighted by atomic mass is 32.2. The SMILES string of the molecule is Cc1ccc(S(=O)(=O)N2C[C@H](C)OC[C@@H]2C)cc1C(N)=O. The average molecular weight is 312 g/mol. The van der Waals surface area contributed by atoms with Crippen molar-refractivity contribution in [2.45, 2.75) is 37.8 Å². The van der Waals surface area contributed by atoms with Crippen LogP contribution >= 0.6 is 0 Å². The third kappa shape index (κ3) is 3.09. The molecule has 0 unspecified atom stereocenters. The summed E-state index contributed by atoms with van der Waals surface area (Å²) in [4.78, 5) is 11.5. The van der Waals surface area contributed by atoms with Gasteiger partial charge >= 0.3 is 0 Å². The number of nitrogens with zero attached hydrogens (tertiary/aromatic N) is 1. The van der Waals surface area contributed by atoms with Crippen LogP contribution in [-0.4, -0.2) is 43.9 Å². The van der Waals surface area contributed by atoms with E-state index in [1.54, 1.807) is 19.9 Å². The van der Waals surface area contributed by atoms with Crippen LogP contribution in [0.2, 0.25) is 0 Å². The Morgan fingerprint density at radius 3 is 2.67 bits per heavy atom. The topological polar surface area (TPSA) is 89.7 Å². The monoisotopic (exact) mass is 312 g/mol. The fourth-order valence-electron chi connectivity index (χ4n) is 2.37. The number of rotatable bonds is 3. The van der Waals surface area contributed by atoms with E-state index in [0.29, 0.717) is 18.7 Å². The Morgan fingerprint density at radius 2 is 2.05 bits per heavy atom. The standard InChI is InChI=1S/C14H20N2O4S/c1-9-4-5-12(6-13(9)14(15)17)21(18,19)16-7-11(3)20-8-10(16)2/h4-6,10-11H,7-8H2,1-3H3,(H2,15,17)/t10-,11-/m0/s1. The summed E-state index contributed by atoms with van der Waals surface area (Å²) in [5, 5.41) is 0. The summed E-state index contributed by atoms with van der Waals surface area (Å²) in [7, 11) is -3.67. The van der Waals surface area contributed by atoms with Crippen LogP contribution in [0, 0.1) is 6.92 Å². The molecule has 1 aromatic carbocycles. The van der Waals surface area contributed by atoms with Gasteiger partial charge in [0.05, 0.1) is 17.6 Å². The highest BCUT2D eigenvalue weighted by Gasteiger charge is 2.34. The number of carbonyl (C=O) groups is 1. The molecule has 2 atom stereocenters. The Bertz CT molecular complexity index is 657. The van der Waals surface area contributed by atoms with Gasteiger partial charge in [-0.15, -0.1) is 0 Å². The molecular formula is C14H20N2O4S. The maximum atomic E-state index is 12.7. The summed E-state index contributed by atoms with van der Waals surface area (Å²) in [5.74, 6) is -0.632. The lowest BCUT2D eigenvalue weighted by Crippen LogP contribution is -2.50. The van der Waals surface area contributed by atoms with Gasteiger partial charge in [0, 0.05) is 18.2 Å². The number of hydrogen-bond donors (Lipinski definition) is 1. The van der Waals surface area contributed by atoms with E-state index in [4.69, 9.17) is 10.5 Å². The zero-order valence-corrected chi connectivity index (χ0v) is 13.2. The molecule has 1 aliphatic heterocycles. The van der Waals surface area contributed by atoms with E-state index in [2.05, 4.69) is 0 Å². The summed E-state index contributed by atoms with van der Waals surface area (Å²) in [5.41, 5.74) is 6.17. The Labute approximate surface area is 124 Å². The van der Waals surface area contributed by atoms with Crippen LogP contribution in [-0.2, 0) is 14.8 Å². The van der Waals surface area contributed by atoms with Crippen molar-refractivity contribution in [2.24, 2.45) is 5.73 Å². The zero-order chi connectivity index (χ0) is 15.8. The van der Waals surface area contributed by atoms with Gasteiger partial charge in [-0.2, -0.15) is 4.31 Å². The largest absolute Gasteiger partial charge is 0.375 e. The van der Waals surface area contributed by atoms with Gasteiger partial charge in [-0.3, -0.25) is 4.79 Å². The highest BCUT2D eigenvalue weighted by molar-refractivity contribution is 7.89. The smallest absolute Gasteiger partial charge is 0.249 e. The molecule has 0 aliphatic carbocycles. The summed E-state index contributed by atoms with van der Waals surface area (Å²) in [6.45, 7) is 6.00. The number of primary amides is 1. The fourth-order valence-corrected chi connectivity index (χ4v) is 4.09. The number of ether oxygens (including phenoxy) is 1. The van der Waals surface area contributed by atoms with Crippen LogP contribution in [0.4, 0.5) is 0 Å². The van der Waals surface area contributed by atoms with Gasteiger partial charge in [-0.05, 0) is 38.5 Å². The molecule has 7 heteroatoms. The highest BCUT2D eigenvalue weighted by Crippen LogP contribution is 2.24. The van der Waals surface area contributed by atoms with E-state index in [1.807, 2.05) is 6.92 Å². The first-order valence-corrected chi connectivity index (χ1v) is 8.21. The van der Waals surface area contributed by atoms with Crippen molar-refractivity contribution in [3.8, 4) is 0 Å². The second-order valence-corrected chi connectivity index (χ2v) is 7.30. The number of benzene rings is 1. The molecule has 0 spiro atoms. The van der Waals surface area contributed by atoms with Crippen molar-refractivity contribution >= 4 is 15.9 Å². The van der Waals surface area contributed by atoms with E-state index in [0.717, 1.165) is 0 Å². The van der Waals surface area contributed by atoms with Gasteiger partial charge < -0.3 is 10.5 Å². The fraction of sp³-hybridized carbons (Fsp3) is 0.500. The van der Waals surface area contributed by atoms with Crippen molar-refractivity contribution in [3.63, 3.8) is 0 Å². The van der Waals surface area contributed by atoms with E-state index >= 15 is 0 Å². The van der Waals surface area contributed by atoms with E-state index < -0.39 is 15.9 Å². The van der Waals surface area contributed by atoms with E-state index in [-0.39, 0.29) is 22.6 Å². The van der Waals surface area contributed by atoms with Crippen molar-refractivity contribution in [2.75, 3.05) is 13.2 Å². The second-order valence-electron chi connectivity index (χ2n) is 5.41. The quantitative estimate of drug-likeness (QED) is 0.897. The lowest BCUT2D eigenvalue weighted by molar-refractivity contribution is -0.0170. The van der Waals surface area contributed by atoms with Crippen LogP contribution < -0.4 is 5.73 Å². The zero-order valence-electron chi connectivity index (χ0n) is 12.4. The molecule has 0 aromatic heterocycles. The van der Waals surface area contributed by atoms with Gasteiger partial charge in [0.1, 0.15) is 0 Å². The molecule has 116 valence electrons. The van der Waals surface area contributed by atoms with Crippen LogP contribution in [0.25, 0.3) is 0 Å². The van der Waals surface area contributed by atoms with Gasteiger partial charge in [-0.25, -0.2) is 8.42 Å². The minimum atomic E-state index is -3.67. The molecule has 1 fully saturated rings. The summed E-state index contributed by atoms with van der Waals surface area (Å²) in [6, 6.07) is 4.20. The molecule has 1 heterocycles. The predicted molar refractivity (Wildman–Crippen MR) is 78.5 cm³/mol. The van der Waals surface area contributed by atoms with E-state index in [9.17, 15) is 13.2 Å². The maximum absolute atomic E-state index is 12.7. The van der Waals surface area contributed by atoms with Crippen molar-refractivity contribution < 1.29 is 17.9 Å².